The first-order valence-electron chi connectivity index (χ1n) is 5.44. The van der Waals surface area contributed by atoms with E-state index in [-0.39, 0.29) is 5.82 Å². The van der Waals surface area contributed by atoms with Crippen molar-refractivity contribution >= 4 is 0 Å². The van der Waals surface area contributed by atoms with Gasteiger partial charge in [0.15, 0.2) is 0 Å². The highest BCUT2D eigenvalue weighted by molar-refractivity contribution is 5.32. The molecule has 2 rings (SSSR count). The fourth-order valence-corrected chi connectivity index (χ4v) is 2.25. The summed E-state index contributed by atoms with van der Waals surface area (Å²) in [5.41, 5.74) is 0.722. The Kier molecular flexibility index (Phi) is 2.69. The Balaban J connectivity index is 2.34. The molecule has 16 heavy (non-hydrogen) atoms. The number of nitriles is 1. The number of hydrogen-bond donors (Lipinski definition) is 1. The molecule has 1 unspecified atom stereocenters. The molecule has 1 saturated carbocycles. The van der Waals surface area contributed by atoms with E-state index in [1.807, 2.05) is 0 Å². The molecular weight excluding hydrogens is 205 g/mol. The van der Waals surface area contributed by atoms with E-state index in [1.165, 1.54) is 12.1 Å². The quantitative estimate of drug-likeness (QED) is 0.831. The summed E-state index contributed by atoms with van der Waals surface area (Å²) in [6, 6.07) is 6.51. The molecule has 0 saturated heterocycles. The molecule has 1 aromatic rings. The maximum absolute atomic E-state index is 12.9. The molecule has 2 nitrogen and oxygen atoms in total. The molecule has 0 amide bonds. The molecule has 1 atom stereocenters. The van der Waals surface area contributed by atoms with Crippen molar-refractivity contribution in [2.75, 3.05) is 0 Å². The summed E-state index contributed by atoms with van der Waals surface area (Å²) < 4.78 is 12.9. The second kappa shape index (κ2) is 3.88. The SMILES string of the molecule is Cc1cc(F)ccc1C(O)C1(C#N)CCC1. The molecule has 0 aliphatic heterocycles. The van der Waals surface area contributed by atoms with Crippen molar-refractivity contribution in [3.8, 4) is 6.07 Å². The van der Waals surface area contributed by atoms with E-state index < -0.39 is 11.5 Å². The van der Waals surface area contributed by atoms with Crippen LogP contribution in [0.5, 0.6) is 0 Å². The topological polar surface area (TPSA) is 44.0 Å². The van der Waals surface area contributed by atoms with Crippen LogP contribution in [0.1, 0.15) is 36.5 Å². The molecule has 1 N–H and O–H groups in total. The van der Waals surface area contributed by atoms with Gasteiger partial charge in [-0.05, 0) is 43.0 Å². The average Bonchev–Trinajstić information content (AvgIpc) is 2.16. The van der Waals surface area contributed by atoms with Crippen LogP contribution in [0.4, 0.5) is 4.39 Å². The van der Waals surface area contributed by atoms with Crippen LogP contribution in [0.2, 0.25) is 0 Å². The number of hydrogen-bond acceptors (Lipinski definition) is 2. The van der Waals surface area contributed by atoms with Gasteiger partial charge in [0.25, 0.3) is 0 Å². The third-order valence-corrected chi connectivity index (χ3v) is 3.52. The molecule has 1 aliphatic carbocycles. The fourth-order valence-electron chi connectivity index (χ4n) is 2.25. The lowest BCUT2D eigenvalue weighted by Crippen LogP contribution is -2.34. The average molecular weight is 219 g/mol. The molecule has 0 spiro atoms. The van der Waals surface area contributed by atoms with Crippen molar-refractivity contribution < 1.29 is 9.50 Å². The van der Waals surface area contributed by atoms with Gasteiger partial charge in [-0.3, -0.25) is 0 Å². The monoisotopic (exact) mass is 219 g/mol. The predicted molar refractivity (Wildman–Crippen MR) is 58.0 cm³/mol. The van der Waals surface area contributed by atoms with Gasteiger partial charge in [-0.1, -0.05) is 12.5 Å². The Hall–Kier alpha value is -1.40. The van der Waals surface area contributed by atoms with Gasteiger partial charge >= 0.3 is 0 Å². The van der Waals surface area contributed by atoms with Crippen LogP contribution in [0.15, 0.2) is 18.2 Å². The van der Waals surface area contributed by atoms with Gasteiger partial charge in [-0.2, -0.15) is 5.26 Å². The van der Waals surface area contributed by atoms with Crippen molar-refractivity contribution in [1.82, 2.24) is 0 Å². The van der Waals surface area contributed by atoms with Gasteiger partial charge in [-0.15, -0.1) is 0 Å². The van der Waals surface area contributed by atoms with Crippen molar-refractivity contribution in [3.63, 3.8) is 0 Å². The van der Waals surface area contributed by atoms with Crippen LogP contribution in [-0.4, -0.2) is 5.11 Å². The molecule has 0 radical (unpaired) electrons. The van der Waals surface area contributed by atoms with Crippen LogP contribution in [0.3, 0.4) is 0 Å². The van der Waals surface area contributed by atoms with Crippen LogP contribution < -0.4 is 0 Å². The lowest BCUT2D eigenvalue weighted by molar-refractivity contribution is 0.00750. The van der Waals surface area contributed by atoms with Crippen LogP contribution in [0.25, 0.3) is 0 Å². The highest BCUT2D eigenvalue weighted by Crippen LogP contribution is 2.50. The normalized spacial score (nSPS) is 19.6. The zero-order valence-electron chi connectivity index (χ0n) is 9.20. The molecule has 1 aromatic carbocycles. The van der Waals surface area contributed by atoms with Gasteiger partial charge in [0.1, 0.15) is 5.82 Å². The molecule has 1 fully saturated rings. The number of rotatable bonds is 2. The Morgan fingerprint density at radius 1 is 1.50 bits per heavy atom. The van der Waals surface area contributed by atoms with Crippen molar-refractivity contribution in [2.45, 2.75) is 32.3 Å². The lowest BCUT2D eigenvalue weighted by atomic mass is 9.64. The molecule has 0 aromatic heterocycles. The summed E-state index contributed by atoms with van der Waals surface area (Å²) in [6.07, 6.45) is 1.63. The predicted octanol–water partition coefficient (Wildman–Crippen LogP) is 2.86. The minimum absolute atomic E-state index is 0.312. The van der Waals surface area contributed by atoms with E-state index >= 15 is 0 Å². The van der Waals surface area contributed by atoms with Gasteiger partial charge in [0.05, 0.1) is 17.6 Å². The van der Waals surface area contributed by atoms with Crippen LogP contribution in [0, 0.1) is 29.5 Å². The summed E-state index contributed by atoms with van der Waals surface area (Å²) in [5.74, 6) is -0.312. The van der Waals surface area contributed by atoms with Crippen LogP contribution in [-0.2, 0) is 0 Å². The summed E-state index contributed by atoms with van der Waals surface area (Å²) in [4.78, 5) is 0. The van der Waals surface area contributed by atoms with Gasteiger partial charge in [-0.25, -0.2) is 4.39 Å². The second-order valence-electron chi connectivity index (χ2n) is 4.52. The second-order valence-corrected chi connectivity index (χ2v) is 4.52. The molecule has 0 bridgehead atoms. The summed E-state index contributed by atoms with van der Waals surface area (Å²) >= 11 is 0. The summed E-state index contributed by atoms with van der Waals surface area (Å²) in [6.45, 7) is 1.76. The molecule has 3 heteroatoms. The maximum Gasteiger partial charge on any atom is 0.123 e. The number of aryl methyl sites for hydroxylation is 1. The fraction of sp³-hybridized carbons (Fsp3) is 0.462. The minimum atomic E-state index is -0.799. The first-order valence-corrected chi connectivity index (χ1v) is 5.44. The summed E-state index contributed by atoms with van der Waals surface area (Å²) in [5, 5.41) is 19.3. The number of nitrogens with zero attached hydrogens (tertiary/aromatic N) is 1. The van der Waals surface area contributed by atoms with E-state index in [9.17, 15) is 9.50 Å². The Morgan fingerprint density at radius 2 is 2.19 bits per heavy atom. The number of halogens is 1. The lowest BCUT2D eigenvalue weighted by Gasteiger charge is -2.39. The maximum atomic E-state index is 12.9. The highest BCUT2D eigenvalue weighted by Gasteiger charge is 2.45. The first kappa shape index (κ1) is 11.1. The molecule has 84 valence electrons. The third kappa shape index (κ3) is 1.60. The Morgan fingerprint density at radius 3 is 2.62 bits per heavy atom. The largest absolute Gasteiger partial charge is 0.387 e. The molecular formula is C13H14FNO. The van der Waals surface area contributed by atoms with Gasteiger partial charge in [0, 0.05) is 0 Å². The van der Waals surface area contributed by atoms with E-state index in [0.29, 0.717) is 11.1 Å². The molecule has 0 heterocycles. The zero-order chi connectivity index (χ0) is 11.8. The van der Waals surface area contributed by atoms with Crippen molar-refractivity contribution in [3.05, 3.63) is 35.1 Å². The first-order chi connectivity index (χ1) is 7.59. The Labute approximate surface area is 94.3 Å². The van der Waals surface area contributed by atoms with Crippen LogP contribution >= 0.6 is 0 Å². The Bertz CT molecular complexity index is 446. The third-order valence-electron chi connectivity index (χ3n) is 3.52. The number of aliphatic hydroxyl groups is 1. The smallest absolute Gasteiger partial charge is 0.123 e. The minimum Gasteiger partial charge on any atom is -0.387 e. The zero-order valence-corrected chi connectivity index (χ0v) is 9.20. The summed E-state index contributed by atoms with van der Waals surface area (Å²) in [7, 11) is 0. The van der Waals surface area contributed by atoms with Crippen molar-refractivity contribution in [2.24, 2.45) is 5.41 Å². The van der Waals surface area contributed by atoms with E-state index in [4.69, 9.17) is 5.26 Å². The van der Waals surface area contributed by atoms with E-state index in [2.05, 4.69) is 6.07 Å². The highest BCUT2D eigenvalue weighted by atomic mass is 19.1. The van der Waals surface area contributed by atoms with E-state index in [1.54, 1.807) is 13.0 Å². The van der Waals surface area contributed by atoms with Gasteiger partial charge < -0.3 is 5.11 Å². The number of aliphatic hydroxyl groups excluding tert-OH is 1. The number of benzene rings is 1. The molecule has 1 aliphatic rings. The van der Waals surface area contributed by atoms with E-state index in [0.717, 1.165) is 19.3 Å². The standard InChI is InChI=1S/C13H14FNO/c1-9-7-10(14)3-4-11(9)12(16)13(8-15)5-2-6-13/h3-4,7,12,16H,2,5-6H2,1H3. The van der Waals surface area contributed by atoms with Gasteiger partial charge in [0.2, 0.25) is 0 Å². The van der Waals surface area contributed by atoms with Crippen molar-refractivity contribution in [1.29, 1.82) is 5.26 Å².